The average Bonchev–Trinajstić information content (AvgIpc) is 2.81. The lowest BCUT2D eigenvalue weighted by molar-refractivity contribution is -0.385. The molecule has 0 radical (unpaired) electrons. The first-order valence-corrected chi connectivity index (χ1v) is 11.7. The van der Waals surface area contributed by atoms with E-state index in [0.29, 0.717) is 5.56 Å². The van der Waals surface area contributed by atoms with Crippen LogP contribution in [0, 0.1) is 24.0 Å². The highest BCUT2D eigenvalue weighted by molar-refractivity contribution is 7.92. The maximum absolute atomic E-state index is 13.7. The van der Waals surface area contributed by atoms with Crippen LogP contribution in [0.5, 0.6) is 5.75 Å². The van der Waals surface area contributed by atoms with E-state index in [-0.39, 0.29) is 28.6 Å². The van der Waals surface area contributed by atoms with Crippen LogP contribution >= 0.6 is 0 Å². The first-order valence-electron chi connectivity index (χ1n) is 10.2. The van der Waals surface area contributed by atoms with E-state index >= 15 is 0 Å². The Kier molecular flexibility index (Phi) is 7.47. The molecule has 1 aromatic heterocycles. The van der Waals surface area contributed by atoms with Crippen LogP contribution in [-0.4, -0.2) is 37.9 Å². The molecule has 3 aromatic rings. The Morgan fingerprint density at radius 1 is 1.18 bits per heavy atom. The average molecular weight is 485 g/mol. The van der Waals surface area contributed by atoms with Gasteiger partial charge in [-0.25, -0.2) is 8.42 Å². The number of anilines is 1. The topological polar surface area (TPSA) is 132 Å². The number of pyridine rings is 1. The van der Waals surface area contributed by atoms with Gasteiger partial charge in [0.05, 0.1) is 22.6 Å². The van der Waals surface area contributed by atoms with Gasteiger partial charge in [0.25, 0.3) is 15.7 Å². The summed E-state index contributed by atoms with van der Waals surface area (Å²) in [5.41, 5.74) is 1.60. The van der Waals surface area contributed by atoms with Gasteiger partial charge in [-0.15, -0.1) is 0 Å². The molecule has 1 N–H and O–H groups in total. The molecular weight excluding hydrogens is 460 g/mol. The monoisotopic (exact) mass is 484 g/mol. The Labute approximate surface area is 197 Å². The molecule has 1 heterocycles. The van der Waals surface area contributed by atoms with Gasteiger partial charge in [0.15, 0.2) is 0 Å². The number of carbonyl (C=O) groups is 1. The minimum absolute atomic E-state index is 0.141. The molecule has 0 fully saturated rings. The summed E-state index contributed by atoms with van der Waals surface area (Å²) in [4.78, 5) is 27.2. The van der Waals surface area contributed by atoms with Crippen LogP contribution < -0.4 is 14.4 Å². The number of aromatic nitrogens is 1. The third kappa shape index (κ3) is 5.49. The fourth-order valence-electron chi connectivity index (χ4n) is 3.26. The molecule has 178 valence electrons. The van der Waals surface area contributed by atoms with Gasteiger partial charge < -0.3 is 10.1 Å². The number of hydrogen-bond donors (Lipinski definition) is 1. The Balaban J connectivity index is 2.03. The number of hydrogen-bond acceptors (Lipinski definition) is 7. The Hall–Kier alpha value is -3.99. The molecule has 10 nitrogen and oxygen atoms in total. The van der Waals surface area contributed by atoms with Crippen molar-refractivity contribution in [1.29, 1.82) is 0 Å². The van der Waals surface area contributed by atoms with Crippen LogP contribution in [0.4, 0.5) is 11.4 Å². The molecule has 0 bridgehead atoms. The number of aryl methyl sites for hydroxylation is 2. The summed E-state index contributed by atoms with van der Waals surface area (Å²) in [5.74, 6) is -0.339. The lowest BCUT2D eigenvalue weighted by Gasteiger charge is -2.26. The number of benzene rings is 2. The molecule has 0 saturated heterocycles. The lowest BCUT2D eigenvalue weighted by atomic mass is 10.2. The highest BCUT2D eigenvalue weighted by atomic mass is 32.2. The predicted molar refractivity (Wildman–Crippen MR) is 126 cm³/mol. The minimum Gasteiger partial charge on any atom is -0.495 e. The van der Waals surface area contributed by atoms with Crippen molar-refractivity contribution in [2.75, 3.05) is 18.0 Å². The van der Waals surface area contributed by atoms with E-state index in [9.17, 15) is 23.3 Å². The number of sulfonamides is 1. The molecule has 0 aliphatic rings. The van der Waals surface area contributed by atoms with Crippen LogP contribution in [0.15, 0.2) is 65.8 Å². The standard InChI is InChI=1S/C23H24N4O6S/c1-16-6-9-22(33-3)21(11-16)26(15-23(28)25-14-18-5-4-10-24-13-18)34(31,32)19-8-7-17(2)20(12-19)27(29)30/h4-13H,14-15H2,1-3H3,(H,25,28). The zero-order valence-electron chi connectivity index (χ0n) is 18.9. The molecule has 34 heavy (non-hydrogen) atoms. The second-order valence-corrected chi connectivity index (χ2v) is 9.39. The molecule has 11 heteroatoms. The summed E-state index contributed by atoms with van der Waals surface area (Å²) < 4.78 is 33.6. The van der Waals surface area contributed by atoms with E-state index in [1.54, 1.807) is 49.6 Å². The number of nitro benzene ring substituents is 1. The highest BCUT2D eigenvalue weighted by Crippen LogP contribution is 2.34. The van der Waals surface area contributed by atoms with Crippen molar-refractivity contribution >= 4 is 27.3 Å². The fraction of sp³-hybridized carbons (Fsp3) is 0.217. The number of amides is 1. The van der Waals surface area contributed by atoms with Crippen molar-refractivity contribution in [3.8, 4) is 5.75 Å². The molecule has 3 rings (SSSR count). The first kappa shape index (κ1) is 24.6. The fourth-order valence-corrected chi connectivity index (χ4v) is 4.70. The first-order chi connectivity index (χ1) is 16.1. The van der Waals surface area contributed by atoms with Gasteiger partial charge in [0.2, 0.25) is 5.91 Å². The van der Waals surface area contributed by atoms with Gasteiger partial charge in [-0.1, -0.05) is 18.2 Å². The lowest BCUT2D eigenvalue weighted by Crippen LogP contribution is -2.41. The summed E-state index contributed by atoms with van der Waals surface area (Å²) in [6, 6.07) is 12.0. The Bertz CT molecular complexity index is 1310. The van der Waals surface area contributed by atoms with E-state index in [4.69, 9.17) is 4.74 Å². The zero-order chi connectivity index (χ0) is 24.9. The van der Waals surface area contributed by atoms with Crippen molar-refractivity contribution in [2.45, 2.75) is 25.3 Å². The van der Waals surface area contributed by atoms with Crippen LogP contribution in [0.2, 0.25) is 0 Å². The molecule has 2 aromatic carbocycles. The summed E-state index contributed by atoms with van der Waals surface area (Å²) in [5, 5.41) is 14.1. The van der Waals surface area contributed by atoms with Crippen LogP contribution in [0.3, 0.4) is 0 Å². The zero-order valence-corrected chi connectivity index (χ0v) is 19.7. The summed E-state index contributed by atoms with van der Waals surface area (Å²) in [6.45, 7) is 2.88. The number of nitrogens with one attached hydrogen (secondary N) is 1. The second kappa shape index (κ2) is 10.3. The van der Waals surface area contributed by atoms with E-state index < -0.39 is 27.4 Å². The van der Waals surface area contributed by atoms with Crippen molar-refractivity contribution in [2.24, 2.45) is 0 Å². The smallest absolute Gasteiger partial charge is 0.273 e. The van der Waals surface area contributed by atoms with Crippen LogP contribution in [0.25, 0.3) is 0 Å². The van der Waals surface area contributed by atoms with Crippen LogP contribution in [0.1, 0.15) is 16.7 Å². The van der Waals surface area contributed by atoms with E-state index in [0.717, 1.165) is 21.5 Å². The Morgan fingerprint density at radius 3 is 2.59 bits per heavy atom. The maximum Gasteiger partial charge on any atom is 0.273 e. The number of methoxy groups -OCH3 is 1. The number of nitro groups is 1. The molecular formula is C23H24N4O6S. The molecule has 0 atom stereocenters. The maximum atomic E-state index is 13.7. The van der Waals surface area contributed by atoms with Crippen LogP contribution in [-0.2, 0) is 21.4 Å². The van der Waals surface area contributed by atoms with Crippen molar-refractivity contribution < 1.29 is 22.9 Å². The van der Waals surface area contributed by atoms with E-state index in [2.05, 4.69) is 10.3 Å². The van der Waals surface area contributed by atoms with Crippen molar-refractivity contribution in [3.63, 3.8) is 0 Å². The summed E-state index contributed by atoms with van der Waals surface area (Å²) >= 11 is 0. The van der Waals surface area contributed by atoms with Gasteiger partial charge in [0, 0.05) is 30.6 Å². The largest absolute Gasteiger partial charge is 0.495 e. The van der Waals surface area contributed by atoms with Gasteiger partial charge in [-0.2, -0.15) is 0 Å². The van der Waals surface area contributed by atoms with E-state index in [1.165, 1.54) is 26.2 Å². The quantitative estimate of drug-likeness (QED) is 0.364. The normalized spacial score (nSPS) is 11.0. The second-order valence-electron chi connectivity index (χ2n) is 7.53. The van der Waals surface area contributed by atoms with Gasteiger partial charge in [-0.05, 0) is 49.2 Å². The number of carbonyl (C=O) groups excluding carboxylic acids is 1. The Morgan fingerprint density at radius 2 is 1.94 bits per heavy atom. The number of nitrogens with zero attached hydrogens (tertiary/aromatic N) is 3. The number of ether oxygens (including phenoxy) is 1. The summed E-state index contributed by atoms with van der Waals surface area (Å²) in [7, 11) is -2.99. The predicted octanol–water partition coefficient (Wildman–Crippen LogP) is 3.13. The third-order valence-electron chi connectivity index (χ3n) is 5.07. The summed E-state index contributed by atoms with van der Waals surface area (Å²) in [6.07, 6.45) is 3.19. The van der Waals surface area contributed by atoms with Gasteiger partial charge in [0.1, 0.15) is 12.3 Å². The molecule has 0 spiro atoms. The number of rotatable bonds is 9. The molecule has 0 aliphatic heterocycles. The van der Waals surface area contributed by atoms with Crippen molar-refractivity contribution in [3.05, 3.63) is 87.7 Å². The molecule has 0 aliphatic carbocycles. The minimum atomic E-state index is -4.38. The van der Waals surface area contributed by atoms with Crippen molar-refractivity contribution in [1.82, 2.24) is 10.3 Å². The molecule has 0 unspecified atom stereocenters. The SMILES string of the molecule is COc1ccc(C)cc1N(CC(=O)NCc1cccnc1)S(=O)(=O)c1ccc(C)c([N+](=O)[O-])c1. The van der Waals surface area contributed by atoms with Gasteiger partial charge in [-0.3, -0.25) is 24.2 Å². The third-order valence-corrected chi connectivity index (χ3v) is 6.82. The molecule has 1 amide bonds. The molecule has 0 saturated carbocycles. The van der Waals surface area contributed by atoms with Gasteiger partial charge >= 0.3 is 0 Å². The highest BCUT2D eigenvalue weighted by Gasteiger charge is 2.31. The van der Waals surface area contributed by atoms with E-state index in [1.807, 2.05) is 0 Å².